The summed E-state index contributed by atoms with van der Waals surface area (Å²) in [6, 6.07) is 10.9. The molecule has 0 aromatic carbocycles. The molecular weight excluding hydrogens is 423 g/mol. The van der Waals surface area contributed by atoms with Crippen LogP contribution in [-0.4, -0.2) is 45.9 Å². The van der Waals surface area contributed by atoms with Gasteiger partial charge in [-0.05, 0) is 37.3 Å². The van der Waals surface area contributed by atoms with Crippen molar-refractivity contribution < 1.29 is 13.9 Å². The van der Waals surface area contributed by atoms with Gasteiger partial charge in [0.1, 0.15) is 40.6 Å². The molecule has 1 atom stereocenters. The molecule has 0 amide bonds. The van der Waals surface area contributed by atoms with Gasteiger partial charge in [0.15, 0.2) is 0 Å². The number of pyridine rings is 3. The van der Waals surface area contributed by atoms with Gasteiger partial charge >= 0.3 is 0 Å². The highest BCUT2D eigenvalue weighted by Crippen LogP contribution is 2.33. The molecule has 5 heterocycles. The summed E-state index contributed by atoms with van der Waals surface area (Å²) in [6.07, 6.45) is 5.85. The van der Waals surface area contributed by atoms with E-state index >= 15 is 0 Å². The Morgan fingerprint density at radius 2 is 1.94 bits per heavy atom. The van der Waals surface area contributed by atoms with E-state index in [-0.39, 0.29) is 0 Å². The minimum absolute atomic E-state index is 0.400. The number of aromatic nitrogens is 4. The second-order valence-electron chi connectivity index (χ2n) is 7.72. The van der Waals surface area contributed by atoms with Crippen LogP contribution < -0.4 is 9.64 Å². The van der Waals surface area contributed by atoms with Gasteiger partial charge in [-0.25, -0.2) is 13.9 Å². The molecule has 0 N–H and O–H groups in total. The van der Waals surface area contributed by atoms with Gasteiger partial charge in [-0.15, -0.1) is 0 Å². The fraction of sp³-hybridized carbons (Fsp3) is 0.250. The molecule has 0 bridgehead atoms. The van der Waals surface area contributed by atoms with Gasteiger partial charge in [-0.2, -0.15) is 10.4 Å². The highest BCUT2D eigenvalue weighted by Gasteiger charge is 2.18. The predicted molar refractivity (Wildman–Crippen MR) is 119 cm³/mol. The van der Waals surface area contributed by atoms with Gasteiger partial charge in [0.2, 0.25) is 0 Å². The molecule has 0 spiro atoms. The predicted octanol–water partition coefficient (Wildman–Crippen LogP) is 3.78. The Morgan fingerprint density at radius 1 is 1.09 bits per heavy atom. The summed E-state index contributed by atoms with van der Waals surface area (Å²) in [7, 11) is 0. The van der Waals surface area contributed by atoms with Crippen LogP contribution in [-0.2, 0) is 4.74 Å². The number of nitriles is 1. The number of anilines is 1. The van der Waals surface area contributed by atoms with Crippen molar-refractivity contribution in [2.24, 2.45) is 0 Å². The zero-order valence-corrected chi connectivity index (χ0v) is 18.0. The Kier molecular flexibility index (Phi) is 5.59. The summed E-state index contributed by atoms with van der Waals surface area (Å²) >= 11 is 0. The molecule has 33 heavy (non-hydrogen) atoms. The maximum Gasteiger partial charge on any atom is 0.148 e. The van der Waals surface area contributed by atoms with E-state index in [4.69, 9.17) is 9.47 Å². The number of fused-ring (bicyclic) bond motifs is 1. The fourth-order valence-electron chi connectivity index (χ4n) is 3.83. The lowest BCUT2D eigenvalue weighted by molar-refractivity contribution is 0.122. The van der Waals surface area contributed by atoms with Gasteiger partial charge in [0.25, 0.3) is 0 Å². The molecule has 1 aliphatic heterocycles. The molecule has 4 aromatic rings. The lowest BCUT2D eigenvalue weighted by Crippen LogP contribution is -2.36. The zero-order chi connectivity index (χ0) is 22.8. The van der Waals surface area contributed by atoms with Crippen LogP contribution in [0.25, 0.3) is 16.6 Å². The summed E-state index contributed by atoms with van der Waals surface area (Å²) in [6.45, 7) is 4.85. The SMILES string of the molecule is C[C@@H](Oc1cc(-c2ccc(N3CCOCC3)nc2)cn2ncc(C#N)c12)c1ccc(F)cn1. The Hall–Kier alpha value is -4.03. The molecule has 1 aliphatic rings. The molecule has 0 saturated carbocycles. The summed E-state index contributed by atoms with van der Waals surface area (Å²) in [5.74, 6) is 0.977. The van der Waals surface area contributed by atoms with Crippen molar-refractivity contribution in [2.45, 2.75) is 13.0 Å². The van der Waals surface area contributed by atoms with Crippen molar-refractivity contribution in [1.29, 1.82) is 5.26 Å². The van der Waals surface area contributed by atoms with Crippen molar-refractivity contribution in [2.75, 3.05) is 31.2 Å². The quantitative estimate of drug-likeness (QED) is 0.463. The molecule has 4 aromatic heterocycles. The van der Waals surface area contributed by atoms with Crippen LogP contribution in [0.1, 0.15) is 24.3 Å². The Labute approximate surface area is 189 Å². The van der Waals surface area contributed by atoms with E-state index in [2.05, 4.69) is 26.0 Å². The first-order chi connectivity index (χ1) is 16.1. The minimum Gasteiger partial charge on any atom is -0.482 e. The number of nitrogens with zero attached hydrogens (tertiary/aromatic N) is 6. The first-order valence-corrected chi connectivity index (χ1v) is 10.6. The van der Waals surface area contributed by atoms with Gasteiger partial charge < -0.3 is 14.4 Å². The van der Waals surface area contributed by atoms with Crippen LogP contribution in [0.5, 0.6) is 5.75 Å². The lowest BCUT2D eigenvalue weighted by atomic mass is 10.1. The number of halogens is 1. The van der Waals surface area contributed by atoms with Crippen molar-refractivity contribution in [1.82, 2.24) is 19.6 Å². The number of hydrogen-bond donors (Lipinski definition) is 0. The normalized spacial score (nSPS) is 14.8. The molecule has 1 saturated heterocycles. The van der Waals surface area contributed by atoms with Crippen LogP contribution >= 0.6 is 0 Å². The standard InChI is InChI=1S/C24H21FN6O2/c1-16(21-4-3-20(25)14-27-21)33-22-10-18(15-31-24(22)19(11-26)13-29-31)17-2-5-23(28-12-17)30-6-8-32-9-7-30/h2-5,10,12-16H,6-9H2,1H3/t16-/m1/s1. The largest absolute Gasteiger partial charge is 0.482 e. The minimum atomic E-state index is -0.465. The van der Waals surface area contributed by atoms with E-state index < -0.39 is 11.9 Å². The van der Waals surface area contributed by atoms with Gasteiger partial charge in [-0.3, -0.25) is 4.98 Å². The molecule has 8 nitrogen and oxygen atoms in total. The number of rotatable bonds is 5. The first-order valence-electron chi connectivity index (χ1n) is 10.6. The topological polar surface area (TPSA) is 88.6 Å². The van der Waals surface area contributed by atoms with Crippen molar-refractivity contribution in [3.8, 4) is 22.9 Å². The third-order valence-electron chi connectivity index (χ3n) is 5.58. The molecule has 0 unspecified atom stereocenters. The zero-order valence-electron chi connectivity index (χ0n) is 18.0. The molecule has 0 aliphatic carbocycles. The summed E-state index contributed by atoms with van der Waals surface area (Å²) in [4.78, 5) is 10.9. The second-order valence-corrected chi connectivity index (χ2v) is 7.72. The van der Waals surface area contributed by atoms with Gasteiger partial charge in [0.05, 0.1) is 31.3 Å². The van der Waals surface area contributed by atoms with Crippen LogP contribution in [0.15, 0.2) is 55.1 Å². The van der Waals surface area contributed by atoms with Crippen molar-refractivity contribution in [3.63, 3.8) is 0 Å². The summed E-state index contributed by atoms with van der Waals surface area (Å²) in [5, 5.41) is 13.9. The Balaban J connectivity index is 1.50. The monoisotopic (exact) mass is 444 g/mol. The molecule has 5 rings (SSSR count). The maximum atomic E-state index is 13.3. The third kappa shape index (κ3) is 4.21. The smallest absolute Gasteiger partial charge is 0.148 e. The van der Waals surface area contributed by atoms with Crippen LogP contribution in [0.4, 0.5) is 10.2 Å². The summed E-state index contributed by atoms with van der Waals surface area (Å²) < 4.78 is 26.5. The van der Waals surface area contributed by atoms with E-state index in [9.17, 15) is 9.65 Å². The Morgan fingerprint density at radius 3 is 2.64 bits per heavy atom. The molecule has 9 heteroatoms. The maximum absolute atomic E-state index is 13.3. The Bertz CT molecular complexity index is 1310. The highest BCUT2D eigenvalue weighted by molar-refractivity contribution is 5.75. The number of hydrogen-bond acceptors (Lipinski definition) is 7. The second kappa shape index (κ2) is 8.84. The van der Waals surface area contributed by atoms with E-state index in [0.29, 0.717) is 35.7 Å². The average Bonchev–Trinajstić information content (AvgIpc) is 3.28. The molecule has 0 radical (unpaired) electrons. The molecule has 166 valence electrons. The van der Waals surface area contributed by atoms with Gasteiger partial charge in [-0.1, -0.05) is 0 Å². The van der Waals surface area contributed by atoms with Crippen LogP contribution in [0.2, 0.25) is 0 Å². The van der Waals surface area contributed by atoms with E-state index in [1.165, 1.54) is 12.3 Å². The average molecular weight is 444 g/mol. The van der Waals surface area contributed by atoms with E-state index in [0.717, 1.165) is 36.2 Å². The third-order valence-corrected chi connectivity index (χ3v) is 5.58. The fourth-order valence-corrected chi connectivity index (χ4v) is 3.83. The van der Waals surface area contributed by atoms with Crippen LogP contribution in [0, 0.1) is 17.1 Å². The van der Waals surface area contributed by atoms with Gasteiger partial charge in [0, 0.05) is 36.6 Å². The molecule has 1 fully saturated rings. The van der Waals surface area contributed by atoms with E-state index in [1.807, 2.05) is 37.5 Å². The van der Waals surface area contributed by atoms with Crippen molar-refractivity contribution >= 4 is 11.3 Å². The summed E-state index contributed by atoms with van der Waals surface area (Å²) in [5.41, 5.74) is 3.27. The highest BCUT2D eigenvalue weighted by atomic mass is 19.1. The van der Waals surface area contributed by atoms with E-state index in [1.54, 1.807) is 10.6 Å². The lowest BCUT2D eigenvalue weighted by Gasteiger charge is -2.27. The number of ether oxygens (including phenoxy) is 2. The molecular formula is C24H21FN6O2. The van der Waals surface area contributed by atoms with Crippen LogP contribution in [0.3, 0.4) is 0 Å². The number of morpholine rings is 1. The van der Waals surface area contributed by atoms with Crippen molar-refractivity contribution in [3.05, 3.63) is 72.2 Å². The first kappa shape index (κ1) is 20.8.